The van der Waals surface area contributed by atoms with E-state index < -0.39 is 0 Å². The molecule has 107 valence electrons. The first-order valence-electron chi connectivity index (χ1n) is 8.38. The maximum atomic E-state index is 3.51. The summed E-state index contributed by atoms with van der Waals surface area (Å²) in [5.41, 5.74) is 0. The van der Waals surface area contributed by atoms with Crippen LogP contribution in [0.5, 0.6) is 0 Å². The second-order valence-corrected chi connectivity index (χ2v) is 6.90. The van der Waals surface area contributed by atoms with Crippen LogP contribution < -0.4 is 0 Å². The summed E-state index contributed by atoms with van der Waals surface area (Å²) in [4.78, 5) is 0. The zero-order valence-corrected chi connectivity index (χ0v) is 12.9. The first kappa shape index (κ1) is 11.4. The molecule has 0 saturated carbocycles. The highest BCUT2D eigenvalue weighted by Crippen LogP contribution is 2.47. The van der Waals surface area contributed by atoms with Gasteiger partial charge in [-0.1, -0.05) is 60.7 Å². The fourth-order valence-corrected chi connectivity index (χ4v) is 4.81. The molecule has 0 amide bonds. The van der Waals surface area contributed by atoms with E-state index in [2.05, 4.69) is 72.8 Å². The zero-order valence-electron chi connectivity index (χ0n) is 12.9. The monoisotopic (exact) mass is 299 g/mol. The molecule has 0 nitrogen and oxygen atoms in total. The van der Waals surface area contributed by atoms with Gasteiger partial charge in [0.05, 0.1) is 0 Å². The first-order valence-corrected chi connectivity index (χ1v) is 8.38. The SMILES string of the molecule is [c]1cc2ccc3ccc4ccc5ccc6ccc1c1c2c3c4c5c61. The highest BCUT2D eigenvalue weighted by Gasteiger charge is 2.19. The molecule has 0 bridgehead atoms. The molecule has 0 spiro atoms. The van der Waals surface area contributed by atoms with E-state index in [9.17, 15) is 0 Å². The average Bonchev–Trinajstić information content (AvgIpc) is 2.65. The molecule has 7 aromatic rings. The molecule has 0 aliphatic heterocycles. The third-order valence-corrected chi connectivity index (χ3v) is 5.80. The van der Waals surface area contributed by atoms with Crippen molar-refractivity contribution in [2.75, 3.05) is 0 Å². The number of rotatable bonds is 0. The summed E-state index contributed by atoms with van der Waals surface area (Å²) >= 11 is 0. The van der Waals surface area contributed by atoms with E-state index in [1.165, 1.54) is 64.6 Å². The lowest BCUT2D eigenvalue weighted by molar-refractivity contribution is 1.79. The van der Waals surface area contributed by atoms with Gasteiger partial charge in [-0.05, 0) is 76.8 Å². The van der Waals surface area contributed by atoms with Crippen LogP contribution in [0.4, 0.5) is 0 Å². The fourth-order valence-electron chi connectivity index (χ4n) is 4.81. The molecule has 0 heteroatoms. The first-order chi connectivity index (χ1) is 11.9. The van der Waals surface area contributed by atoms with Crippen molar-refractivity contribution >= 4 is 64.6 Å². The standard InChI is InChI=1S/C24H11/c1-2-14-5-6-16-9-11-18-12-10-17-8-7-15-4-3-13(1)19-20(14)22(16)24(18)23(17)21(15)19/h1-11H. The molecule has 0 N–H and O–H groups in total. The van der Waals surface area contributed by atoms with Crippen molar-refractivity contribution in [3.63, 3.8) is 0 Å². The summed E-state index contributed by atoms with van der Waals surface area (Å²) in [5, 5.41) is 16.3. The van der Waals surface area contributed by atoms with Crippen molar-refractivity contribution in [1.82, 2.24) is 0 Å². The third kappa shape index (κ3) is 1.08. The van der Waals surface area contributed by atoms with Gasteiger partial charge in [-0.2, -0.15) is 0 Å². The molecule has 0 atom stereocenters. The van der Waals surface area contributed by atoms with E-state index in [-0.39, 0.29) is 0 Å². The van der Waals surface area contributed by atoms with Crippen LogP contribution in [-0.2, 0) is 0 Å². The molecule has 0 aliphatic carbocycles. The zero-order chi connectivity index (χ0) is 15.4. The van der Waals surface area contributed by atoms with Crippen molar-refractivity contribution < 1.29 is 0 Å². The lowest BCUT2D eigenvalue weighted by atomic mass is 9.83. The van der Waals surface area contributed by atoms with Gasteiger partial charge >= 0.3 is 0 Å². The fraction of sp³-hybridized carbons (Fsp3) is 0. The van der Waals surface area contributed by atoms with E-state index in [4.69, 9.17) is 0 Å². The lowest BCUT2D eigenvalue weighted by Crippen LogP contribution is -1.92. The van der Waals surface area contributed by atoms with E-state index in [1.54, 1.807) is 0 Å². The van der Waals surface area contributed by atoms with Gasteiger partial charge in [0.1, 0.15) is 0 Å². The Morgan fingerprint density at radius 2 is 0.750 bits per heavy atom. The smallest absolute Gasteiger partial charge is 0.000762 e. The normalized spacial score (nSPS) is 13.0. The molecule has 0 heterocycles. The quantitative estimate of drug-likeness (QED) is 0.215. The van der Waals surface area contributed by atoms with Crippen molar-refractivity contribution in [3.8, 4) is 0 Å². The van der Waals surface area contributed by atoms with E-state index in [1.807, 2.05) is 0 Å². The van der Waals surface area contributed by atoms with Gasteiger partial charge in [-0.15, -0.1) is 0 Å². The number of hydrogen-bond acceptors (Lipinski definition) is 0. The Bertz CT molecular complexity index is 1140. The van der Waals surface area contributed by atoms with Crippen LogP contribution in [0.25, 0.3) is 64.6 Å². The van der Waals surface area contributed by atoms with Crippen LogP contribution in [0.2, 0.25) is 0 Å². The summed E-state index contributed by atoms with van der Waals surface area (Å²) < 4.78 is 0. The third-order valence-electron chi connectivity index (χ3n) is 5.80. The van der Waals surface area contributed by atoms with Gasteiger partial charge in [0, 0.05) is 0 Å². The Hall–Kier alpha value is -3.12. The van der Waals surface area contributed by atoms with Crippen molar-refractivity contribution in [3.05, 3.63) is 72.8 Å². The van der Waals surface area contributed by atoms with Crippen LogP contribution in [0.3, 0.4) is 0 Å². The minimum atomic E-state index is 1.22. The number of benzene rings is 7. The van der Waals surface area contributed by atoms with Crippen LogP contribution in [-0.4, -0.2) is 0 Å². The summed E-state index contributed by atoms with van der Waals surface area (Å²) in [7, 11) is 0. The molecule has 1 radical (unpaired) electrons. The summed E-state index contributed by atoms with van der Waals surface area (Å²) in [6, 6.07) is 28.2. The van der Waals surface area contributed by atoms with Gasteiger partial charge in [0.2, 0.25) is 0 Å². The minimum Gasteiger partial charge on any atom is -0.0537 e. The van der Waals surface area contributed by atoms with Crippen LogP contribution in [0.1, 0.15) is 0 Å². The predicted octanol–water partition coefficient (Wildman–Crippen LogP) is 6.72. The van der Waals surface area contributed by atoms with Gasteiger partial charge < -0.3 is 0 Å². The second kappa shape index (κ2) is 3.52. The van der Waals surface area contributed by atoms with Crippen molar-refractivity contribution in [2.45, 2.75) is 0 Å². The molecule has 24 heavy (non-hydrogen) atoms. The Morgan fingerprint density at radius 1 is 0.375 bits per heavy atom. The Balaban J connectivity index is 2.11. The molecule has 0 aliphatic rings. The van der Waals surface area contributed by atoms with Gasteiger partial charge in [-0.25, -0.2) is 0 Å². The molecular weight excluding hydrogens is 288 g/mol. The molecule has 0 unspecified atom stereocenters. The Labute approximate surface area is 137 Å². The highest BCUT2D eigenvalue weighted by molar-refractivity contribution is 6.44. The predicted molar refractivity (Wildman–Crippen MR) is 104 cm³/mol. The molecule has 0 saturated heterocycles. The molecule has 0 aromatic heterocycles. The highest BCUT2D eigenvalue weighted by atomic mass is 14.2. The maximum Gasteiger partial charge on any atom is -0.000762 e. The van der Waals surface area contributed by atoms with E-state index in [0.717, 1.165) is 0 Å². The van der Waals surface area contributed by atoms with Gasteiger partial charge in [-0.3, -0.25) is 0 Å². The second-order valence-electron chi connectivity index (χ2n) is 6.90. The van der Waals surface area contributed by atoms with Crippen LogP contribution >= 0.6 is 0 Å². The van der Waals surface area contributed by atoms with Gasteiger partial charge in [0.15, 0.2) is 0 Å². The Morgan fingerprint density at radius 3 is 1.29 bits per heavy atom. The lowest BCUT2D eigenvalue weighted by Gasteiger charge is -2.20. The average molecular weight is 299 g/mol. The molecular formula is C24H11. The minimum absolute atomic E-state index is 1.22. The summed E-state index contributed by atoms with van der Waals surface area (Å²) in [6.07, 6.45) is 0. The summed E-state index contributed by atoms with van der Waals surface area (Å²) in [5.74, 6) is 0. The molecule has 7 rings (SSSR count). The van der Waals surface area contributed by atoms with Gasteiger partial charge in [0.25, 0.3) is 0 Å². The van der Waals surface area contributed by atoms with E-state index >= 15 is 0 Å². The molecule has 7 aromatic carbocycles. The Kier molecular flexibility index (Phi) is 1.67. The van der Waals surface area contributed by atoms with Crippen molar-refractivity contribution in [2.24, 2.45) is 0 Å². The topological polar surface area (TPSA) is 0 Å². The van der Waals surface area contributed by atoms with Crippen LogP contribution in [0, 0.1) is 6.07 Å². The number of hydrogen-bond donors (Lipinski definition) is 0. The van der Waals surface area contributed by atoms with E-state index in [0.29, 0.717) is 0 Å². The van der Waals surface area contributed by atoms with Crippen LogP contribution in [0.15, 0.2) is 66.7 Å². The summed E-state index contributed by atoms with van der Waals surface area (Å²) in [6.45, 7) is 0. The van der Waals surface area contributed by atoms with Crippen molar-refractivity contribution in [1.29, 1.82) is 0 Å². The maximum absolute atomic E-state index is 3.51. The largest absolute Gasteiger partial charge is 0.0537 e. The molecule has 0 fully saturated rings.